The number of rotatable bonds is 2. The summed E-state index contributed by atoms with van der Waals surface area (Å²) in [7, 11) is 0. The summed E-state index contributed by atoms with van der Waals surface area (Å²) in [5, 5.41) is 3.38. The smallest absolute Gasteiger partial charge is 0.322 e. The van der Waals surface area contributed by atoms with E-state index in [0.29, 0.717) is 24.7 Å². The van der Waals surface area contributed by atoms with Crippen molar-refractivity contribution in [2.45, 2.75) is 6.54 Å². The van der Waals surface area contributed by atoms with Crippen LogP contribution in [0.2, 0.25) is 5.02 Å². The number of nitrogens with zero attached hydrogens (tertiary/aromatic N) is 1. The van der Waals surface area contributed by atoms with E-state index < -0.39 is 0 Å². The topological polar surface area (TPSA) is 58.4 Å². The molecule has 1 aromatic carbocycles. The van der Waals surface area contributed by atoms with Gasteiger partial charge in [0.05, 0.1) is 5.69 Å². The highest BCUT2D eigenvalue weighted by atomic mass is 35.5. The van der Waals surface area contributed by atoms with Crippen LogP contribution in [-0.4, -0.2) is 19.1 Å². The number of nitrogens with one attached hydrogen (secondary N) is 1. The maximum Gasteiger partial charge on any atom is 0.322 e. The summed E-state index contributed by atoms with van der Waals surface area (Å²) in [5.74, 6) is 0. The molecule has 80 valence electrons. The van der Waals surface area contributed by atoms with Crippen molar-refractivity contribution in [1.29, 1.82) is 0 Å². The Bertz CT molecular complexity index is 394. The van der Waals surface area contributed by atoms with Crippen LogP contribution in [0.25, 0.3) is 0 Å². The van der Waals surface area contributed by atoms with E-state index in [1.165, 1.54) is 0 Å². The molecule has 3 N–H and O–H groups in total. The molecular formula is C10H12ClN3O. The van der Waals surface area contributed by atoms with Crippen LogP contribution in [0.4, 0.5) is 10.5 Å². The lowest BCUT2D eigenvalue weighted by molar-refractivity contribution is 0.252. The predicted octanol–water partition coefficient (Wildman–Crippen LogP) is 1.33. The molecule has 2 rings (SSSR count). The Kier molecular flexibility index (Phi) is 2.79. The number of nitrogens with two attached hydrogens (primary N) is 1. The van der Waals surface area contributed by atoms with E-state index in [2.05, 4.69) is 5.32 Å². The van der Waals surface area contributed by atoms with Crippen LogP contribution in [-0.2, 0) is 6.54 Å². The molecule has 1 saturated heterocycles. The molecule has 0 aromatic heterocycles. The summed E-state index contributed by atoms with van der Waals surface area (Å²) in [6.07, 6.45) is 0. The standard InChI is InChI=1S/C10H12ClN3O/c11-8-1-2-9(7(5-8)6-12)14-4-3-13-10(14)15/h1-2,5H,3-4,6,12H2,(H,13,15). The molecule has 15 heavy (non-hydrogen) atoms. The molecule has 0 bridgehead atoms. The van der Waals surface area contributed by atoms with Gasteiger partial charge in [0.2, 0.25) is 0 Å². The van der Waals surface area contributed by atoms with Crippen molar-refractivity contribution < 1.29 is 4.79 Å². The van der Waals surface area contributed by atoms with Crippen LogP contribution >= 0.6 is 11.6 Å². The van der Waals surface area contributed by atoms with Gasteiger partial charge in [-0.3, -0.25) is 4.90 Å². The van der Waals surface area contributed by atoms with E-state index in [1.807, 2.05) is 6.07 Å². The number of halogens is 1. The van der Waals surface area contributed by atoms with Gasteiger partial charge in [-0.2, -0.15) is 0 Å². The van der Waals surface area contributed by atoms with Crippen molar-refractivity contribution in [3.05, 3.63) is 28.8 Å². The second-order valence-electron chi connectivity index (χ2n) is 3.36. The Morgan fingerprint density at radius 2 is 2.33 bits per heavy atom. The van der Waals surface area contributed by atoms with E-state index >= 15 is 0 Å². The predicted molar refractivity (Wildman–Crippen MR) is 60.1 cm³/mol. The molecule has 0 unspecified atom stereocenters. The molecule has 0 saturated carbocycles. The zero-order valence-electron chi connectivity index (χ0n) is 8.16. The quantitative estimate of drug-likeness (QED) is 0.798. The molecule has 0 atom stereocenters. The summed E-state index contributed by atoms with van der Waals surface area (Å²) in [6, 6.07) is 5.31. The van der Waals surface area contributed by atoms with Crippen molar-refractivity contribution in [3.8, 4) is 0 Å². The fourth-order valence-corrected chi connectivity index (χ4v) is 1.88. The molecule has 5 heteroatoms. The first-order valence-corrected chi connectivity index (χ1v) is 5.14. The van der Waals surface area contributed by atoms with Crippen LogP contribution in [0.1, 0.15) is 5.56 Å². The third-order valence-electron chi connectivity index (χ3n) is 2.41. The number of hydrogen-bond donors (Lipinski definition) is 2. The van der Waals surface area contributed by atoms with E-state index in [-0.39, 0.29) is 6.03 Å². The largest absolute Gasteiger partial charge is 0.336 e. The summed E-state index contributed by atoms with van der Waals surface area (Å²) in [6.45, 7) is 1.72. The summed E-state index contributed by atoms with van der Waals surface area (Å²) in [5.41, 5.74) is 7.35. The first kappa shape index (κ1) is 10.3. The third-order valence-corrected chi connectivity index (χ3v) is 2.64. The third kappa shape index (κ3) is 1.91. The maximum atomic E-state index is 11.5. The number of urea groups is 1. The summed E-state index contributed by atoms with van der Waals surface area (Å²) in [4.78, 5) is 13.1. The molecule has 4 nitrogen and oxygen atoms in total. The van der Waals surface area contributed by atoms with Gasteiger partial charge < -0.3 is 11.1 Å². The molecular weight excluding hydrogens is 214 g/mol. The Hall–Kier alpha value is -1.26. The van der Waals surface area contributed by atoms with E-state index in [9.17, 15) is 4.79 Å². The number of anilines is 1. The van der Waals surface area contributed by atoms with E-state index in [4.69, 9.17) is 17.3 Å². The van der Waals surface area contributed by atoms with Crippen molar-refractivity contribution in [3.63, 3.8) is 0 Å². The average Bonchev–Trinajstić information content (AvgIpc) is 2.64. The number of carbonyl (C=O) groups excluding carboxylic acids is 1. The lowest BCUT2D eigenvalue weighted by Gasteiger charge is -2.17. The fraction of sp³-hybridized carbons (Fsp3) is 0.300. The lowest BCUT2D eigenvalue weighted by Crippen LogP contribution is -2.28. The number of hydrogen-bond acceptors (Lipinski definition) is 2. The SMILES string of the molecule is NCc1cc(Cl)ccc1N1CCNC1=O. The minimum absolute atomic E-state index is 0.0768. The molecule has 2 amide bonds. The van der Waals surface area contributed by atoms with E-state index in [0.717, 1.165) is 11.3 Å². The second-order valence-corrected chi connectivity index (χ2v) is 3.80. The normalized spacial score (nSPS) is 15.6. The van der Waals surface area contributed by atoms with E-state index in [1.54, 1.807) is 17.0 Å². The van der Waals surface area contributed by atoms with Crippen molar-refractivity contribution in [1.82, 2.24) is 5.32 Å². The Morgan fingerprint density at radius 3 is 2.93 bits per heavy atom. The monoisotopic (exact) mass is 225 g/mol. The first-order chi connectivity index (χ1) is 7.22. The van der Waals surface area contributed by atoms with Gasteiger partial charge in [0, 0.05) is 24.7 Å². The molecule has 1 aliphatic rings. The zero-order valence-corrected chi connectivity index (χ0v) is 8.92. The van der Waals surface area contributed by atoms with Crippen LogP contribution < -0.4 is 16.0 Å². The average molecular weight is 226 g/mol. The summed E-state index contributed by atoms with van der Waals surface area (Å²) < 4.78 is 0. The van der Waals surface area contributed by atoms with Crippen LogP contribution in [0, 0.1) is 0 Å². The Labute approximate surface area is 93.0 Å². The van der Waals surface area contributed by atoms with Crippen molar-refractivity contribution in [2.75, 3.05) is 18.0 Å². The van der Waals surface area contributed by atoms with Gasteiger partial charge in [-0.05, 0) is 23.8 Å². The molecule has 1 fully saturated rings. The summed E-state index contributed by atoms with van der Waals surface area (Å²) >= 11 is 5.86. The highest BCUT2D eigenvalue weighted by Gasteiger charge is 2.22. The van der Waals surface area contributed by atoms with Gasteiger partial charge in [-0.25, -0.2) is 4.79 Å². The first-order valence-electron chi connectivity index (χ1n) is 4.76. The minimum Gasteiger partial charge on any atom is -0.336 e. The minimum atomic E-state index is -0.0768. The highest BCUT2D eigenvalue weighted by molar-refractivity contribution is 6.30. The van der Waals surface area contributed by atoms with Crippen LogP contribution in [0.5, 0.6) is 0 Å². The molecule has 1 heterocycles. The molecule has 0 spiro atoms. The van der Waals surface area contributed by atoms with Crippen LogP contribution in [0.3, 0.4) is 0 Å². The van der Waals surface area contributed by atoms with Gasteiger partial charge in [0.1, 0.15) is 0 Å². The van der Waals surface area contributed by atoms with Gasteiger partial charge in [0.15, 0.2) is 0 Å². The van der Waals surface area contributed by atoms with Crippen molar-refractivity contribution >= 4 is 23.3 Å². The van der Waals surface area contributed by atoms with Gasteiger partial charge in [0.25, 0.3) is 0 Å². The highest BCUT2D eigenvalue weighted by Crippen LogP contribution is 2.25. The molecule has 1 aliphatic heterocycles. The van der Waals surface area contributed by atoms with Gasteiger partial charge in [-0.1, -0.05) is 11.6 Å². The second kappa shape index (κ2) is 4.08. The Morgan fingerprint density at radius 1 is 1.53 bits per heavy atom. The zero-order chi connectivity index (χ0) is 10.8. The van der Waals surface area contributed by atoms with Crippen molar-refractivity contribution in [2.24, 2.45) is 5.73 Å². The van der Waals surface area contributed by atoms with Crippen LogP contribution in [0.15, 0.2) is 18.2 Å². The lowest BCUT2D eigenvalue weighted by atomic mass is 10.1. The number of carbonyl (C=O) groups is 1. The van der Waals surface area contributed by atoms with Gasteiger partial charge >= 0.3 is 6.03 Å². The fourth-order valence-electron chi connectivity index (χ4n) is 1.68. The molecule has 1 aromatic rings. The van der Waals surface area contributed by atoms with Gasteiger partial charge in [-0.15, -0.1) is 0 Å². The Balaban J connectivity index is 2.38. The maximum absolute atomic E-state index is 11.5. The number of benzene rings is 1. The molecule has 0 radical (unpaired) electrons. The number of amides is 2. The molecule has 0 aliphatic carbocycles.